The first-order valence-electron chi connectivity index (χ1n) is 6.36. The zero-order valence-electron chi connectivity index (χ0n) is 11.3. The Morgan fingerprint density at radius 3 is 2.75 bits per heavy atom. The van der Waals surface area contributed by atoms with Crippen molar-refractivity contribution in [2.24, 2.45) is 0 Å². The third kappa shape index (κ3) is 3.53. The van der Waals surface area contributed by atoms with E-state index in [1.165, 1.54) is 7.11 Å². The van der Waals surface area contributed by atoms with Gasteiger partial charge in [0.2, 0.25) is 11.8 Å². The highest BCUT2D eigenvalue weighted by molar-refractivity contribution is 5.66. The zero-order valence-corrected chi connectivity index (χ0v) is 11.3. The Labute approximate surface area is 116 Å². The average Bonchev–Trinajstić information content (AvgIpc) is 2.46. The summed E-state index contributed by atoms with van der Waals surface area (Å²) in [5, 5.41) is 8.65. The molecule has 0 amide bonds. The number of rotatable bonds is 5. The van der Waals surface area contributed by atoms with Gasteiger partial charge in [-0.25, -0.2) is 4.98 Å². The van der Waals surface area contributed by atoms with Crippen LogP contribution in [0.5, 0.6) is 5.88 Å². The van der Waals surface area contributed by atoms with E-state index in [1.54, 1.807) is 0 Å². The lowest BCUT2D eigenvalue weighted by Gasteiger charge is -2.34. The summed E-state index contributed by atoms with van der Waals surface area (Å²) >= 11 is 0. The van der Waals surface area contributed by atoms with E-state index in [0.29, 0.717) is 25.6 Å². The molecule has 1 aliphatic heterocycles. The molecule has 0 atom stereocenters. The highest BCUT2D eigenvalue weighted by atomic mass is 19.1. The Hall–Kier alpha value is -1.96. The van der Waals surface area contributed by atoms with Crippen molar-refractivity contribution in [1.82, 2.24) is 14.9 Å². The number of carboxylic acid groups (broad SMARTS) is 1. The highest BCUT2D eigenvalue weighted by Crippen LogP contribution is 2.17. The molecule has 1 fully saturated rings. The topological polar surface area (TPSA) is 78.8 Å². The Bertz CT molecular complexity index is 478. The number of aliphatic carboxylic acids is 1. The molecule has 1 saturated heterocycles. The van der Waals surface area contributed by atoms with Gasteiger partial charge in [-0.3, -0.25) is 9.69 Å². The Morgan fingerprint density at radius 2 is 2.15 bits per heavy atom. The van der Waals surface area contributed by atoms with Gasteiger partial charge < -0.3 is 14.7 Å². The number of halogens is 1. The standard InChI is InChI=1S/C12H17FN4O3/c1-20-11-9(13)8-14-12(15-11)17-6-4-16(5-7-17)3-2-10(18)19/h8H,2-7H2,1H3,(H,18,19). The van der Waals surface area contributed by atoms with Crippen LogP contribution in [0, 0.1) is 5.82 Å². The smallest absolute Gasteiger partial charge is 0.304 e. The number of anilines is 1. The van der Waals surface area contributed by atoms with Crippen molar-refractivity contribution in [3.8, 4) is 5.88 Å². The first-order valence-corrected chi connectivity index (χ1v) is 6.36. The summed E-state index contributed by atoms with van der Waals surface area (Å²) in [6.07, 6.45) is 1.23. The van der Waals surface area contributed by atoms with Crippen LogP contribution in [0.2, 0.25) is 0 Å². The van der Waals surface area contributed by atoms with Crippen LogP contribution in [0.15, 0.2) is 6.20 Å². The number of hydrogen-bond donors (Lipinski definition) is 1. The highest BCUT2D eigenvalue weighted by Gasteiger charge is 2.20. The number of carbonyl (C=O) groups is 1. The maximum atomic E-state index is 13.2. The third-order valence-corrected chi connectivity index (χ3v) is 3.19. The van der Waals surface area contributed by atoms with Gasteiger partial charge in [-0.05, 0) is 0 Å². The number of hydrogen-bond acceptors (Lipinski definition) is 6. The van der Waals surface area contributed by atoms with Crippen LogP contribution in [-0.2, 0) is 4.79 Å². The molecule has 2 heterocycles. The van der Waals surface area contributed by atoms with E-state index in [4.69, 9.17) is 9.84 Å². The van der Waals surface area contributed by atoms with Gasteiger partial charge in [-0.15, -0.1) is 0 Å². The minimum absolute atomic E-state index is 0.0664. The maximum Gasteiger partial charge on any atom is 0.304 e. The largest absolute Gasteiger partial charge is 0.481 e. The van der Waals surface area contributed by atoms with Crippen molar-refractivity contribution in [2.45, 2.75) is 6.42 Å². The first kappa shape index (κ1) is 14.4. The second-order valence-corrected chi connectivity index (χ2v) is 4.50. The summed E-state index contributed by atoms with van der Waals surface area (Å²) in [7, 11) is 1.36. The number of ether oxygens (including phenoxy) is 1. The molecule has 20 heavy (non-hydrogen) atoms. The monoisotopic (exact) mass is 284 g/mol. The van der Waals surface area contributed by atoms with Crippen molar-refractivity contribution >= 4 is 11.9 Å². The molecule has 0 radical (unpaired) electrons. The van der Waals surface area contributed by atoms with Gasteiger partial charge >= 0.3 is 5.97 Å². The van der Waals surface area contributed by atoms with Crippen LogP contribution >= 0.6 is 0 Å². The van der Waals surface area contributed by atoms with Crippen LogP contribution in [0.1, 0.15) is 6.42 Å². The van der Waals surface area contributed by atoms with Gasteiger partial charge in [-0.1, -0.05) is 0 Å². The van der Waals surface area contributed by atoms with Gasteiger partial charge in [0.25, 0.3) is 5.88 Å². The lowest BCUT2D eigenvalue weighted by atomic mass is 10.3. The van der Waals surface area contributed by atoms with Crippen LogP contribution < -0.4 is 9.64 Å². The molecule has 0 spiro atoms. The molecular weight excluding hydrogens is 267 g/mol. The van der Waals surface area contributed by atoms with Crippen molar-refractivity contribution < 1.29 is 19.0 Å². The predicted octanol–water partition coefficient (Wildman–Crippen LogP) is 0.221. The van der Waals surface area contributed by atoms with Crippen molar-refractivity contribution in [1.29, 1.82) is 0 Å². The van der Waals surface area contributed by atoms with Crippen molar-refractivity contribution in [3.63, 3.8) is 0 Å². The fraction of sp³-hybridized carbons (Fsp3) is 0.583. The summed E-state index contributed by atoms with van der Waals surface area (Å²) in [5.74, 6) is -1.01. The van der Waals surface area contributed by atoms with E-state index in [2.05, 4.69) is 14.9 Å². The zero-order chi connectivity index (χ0) is 14.5. The van der Waals surface area contributed by atoms with Crippen LogP contribution in [-0.4, -0.2) is 65.8 Å². The van der Waals surface area contributed by atoms with E-state index in [1.807, 2.05) is 4.90 Å². The van der Waals surface area contributed by atoms with E-state index >= 15 is 0 Å². The number of aromatic nitrogens is 2. The van der Waals surface area contributed by atoms with Crippen LogP contribution in [0.4, 0.5) is 10.3 Å². The minimum atomic E-state index is -0.793. The summed E-state index contributed by atoms with van der Waals surface area (Å²) < 4.78 is 18.1. The fourth-order valence-corrected chi connectivity index (χ4v) is 2.06. The molecule has 0 aromatic carbocycles. The molecule has 8 heteroatoms. The van der Waals surface area contributed by atoms with Gasteiger partial charge in [0.05, 0.1) is 19.7 Å². The molecule has 0 bridgehead atoms. The van der Waals surface area contributed by atoms with E-state index in [9.17, 15) is 9.18 Å². The average molecular weight is 284 g/mol. The van der Waals surface area contributed by atoms with Crippen LogP contribution in [0.25, 0.3) is 0 Å². The summed E-state index contributed by atoms with van der Waals surface area (Å²) in [6, 6.07) is 0. The number of nitrogens with zero attached hydrogens (tertiary/aromatic N) is 4. The van der Waals surface area contributed by atoms with Gasteiger partial charge in [0.15, 0.2) is 0 Å². The second-order valence-electron chi connectivity index (χ2n) is 4.50. The normalized spacial score (nSPS) is 16.2. The Kier molecular flexibility index (Phi) is 4.67. The van der Waals surface area contributed by atoms with Crippen molar-refractivity contribution in [2.75, 3.05) is 44.7 Å². The molecule has 1 aromatic rings. The molecule has 7 nitrogen and oxygen atoms in total. The summed E-state index contributed by atoms with van der Waals surface area (Å²) in [4.78, 5) is 22.5. The number of methoxy groups -OCH3 is 1. The SMILES string of the molecule is COc1nc(N2CCN(CCC(=O)O)CC2)ncc1F. The minimum Gasteiger partial charge on any atom is -0.481 e. The van der Waals surface area contributed by atoms with Gasteiger partial charge in [0.1, 0.15) is 0 Å². The van der Waals surface area contributed by atoms with Crippen molar-refractivity contribution in [3.05, 3.63) is 12.0 Å². The first-order chi connectivity index (χ1) is 9.60. The third-order valence-electron chi connectivity index (χ3n) is 3.19. The lowest BCUT2D eigenvalue weighted by Crippen LogP contribution is -2.47. The van der Waals surface area contributed by atoms with E-state index in [0.717, 1.165) is 19.3 Å². The van der Waals surface area contributed by atoms with Gasteiger partial charge in [-0.2, -0.15) is 9.37 Å². The lowest BCUT2D eigenvalue weighted by molar-refractivity contribution is -0.137. The molecule has 0 unspecified atom stereocenters. The van der Waals surface area contributed by atoms with E-state index < -0.39 is 11.8 Å². The molecule has 2 rings (SSSR count). The molecule has 1 N–H and O–H groups in total. The Balaban J connectivity index is 1.91. The molecule has 0 saturated carbocycles. The fourth-order valence-electron chi connectivity index (χ4n) is 2.06. The second kappa shape index (κ2) is 6.47. The summed E-state index contributed by atoms with van der Waals surface area (Å²) in [6.45, 7) is 3.35. The molecule has 0 aliphatic carbocycles. The molecule has 1 aliphatic rings. The predicted molar refractivity (Wildman–Crippen MR) is 69.4 cm³/mol. The van der Waals surface area contributed by atoms with E-state index in [-0.39, 0.29) is 12.3 Å². The number of piperazine rings is 1. The Morgan fingerprint density at radius 1 is 1.45 bits per heavy atom. The molecular formula is C12H17FN4O3. The van der Waals surface area contributed by atoms with Gasteiger partial charge in [0, 0.05) is 32.7 Å². The quantitative estimate of drug-likeness (QED) is 0.828. The maximum absolute atomic E-state index is 13.2. The molecule has 110 valence electrons. The number of carboxylic acids is 1. The molecule has 1 aromatic heterocycles. The summed E-state index contributed by atoms with van der Waals surface area (Å²) in [5.41, 5.74) is 0. The van der Waals surface area contributed by atoms with Crippen LogP contribution in [0.3, 0.4) is 0 Å².